The van der Waals surface area contributed by atoms with Gasteiger partial charge in [-0.2, -0.15) is 0 Å². The Balaban J connectivity index is 2.29. The maximum absolute atomic E-state index is 12.2. The molecule has 0 aliphatic carbocycles. The molecule has 7 heteroatoms. The van der Waals surface area contributed by atoms with Crippen LogP contribution in [0.1, 0.15) is 21.6 Å². The van der Waals surface area contributed by atoms with Crippen LogP contribution >= 0.6 is 0 Å². The number of sulfonamides is 1. The van der Waals surface area contributed by atoms with Gasteiger partial charge in [0, 0.05) is 17.6 Å². The molecule has 110 valence electrons. The van der Waals surface area contributed by atoms with Gasteiger partial charge in [-0.3, -0.25) is 9.78 Å². The van der Waals surface area contributed by atoms with E-state index in [2.05, 4.69) is 10.3 Å². The highest BCUT2D eigenvalue weighted by molar-refractivity contribution is 7.89. The predicted molar refractivity (Wildman–Crippen MR) is 79.5 cm³/mol. The third kappa shape index (κ3) is 3.45. The highest BCUT2D eigenvalue weighted by atomic mass is 32.2. The fourth-order valence-electron chi connectivity index (χ4n) is 1.87. The summed E-state index contributed by atoms with van der Waals surface area (Å²) in [5, 5.41) is 7.80. The van der Waals surface area contributed by atoms with Crippen molar-refractivity contribution in [2.75, 3.05) is 5.32 Å². The van der Waals surface area contributed by atoms with Gasteiger partial charge in [0.2, 0.25) is 10.0 Å². The van der Waals surface area contributed by atoms with Crippen molar-refractivity contribution in [3.05, 3.63) is 53.3 Å². The summed E-state index contributed by atoms with van der Waals surface area (Å²) in [7, 11) is -3.75. The smallest absolute Gasteiger partial charge is 0.257 e. The quantitative estimate of drug-likeness (QED) is 0.899. The molecule has 1 heterocycles. The largest absolute Gasteiger partial charge is 0.322 e. The summed E-state index contributed by atoms with van der Waals surface area (Å²) in [4.78, 5) is 16.2. The van der Waals surface area contributed by atoms with Gasteiger partial charge in [0.05, 0.1) is 10.5 Å². The van der Waals surface area contributed by atoms with Crippen molar-refractivity contribution in [1.82, 2.24) is 4.98 Å². The number of aromatic nitrogens is 1. The van der Waals surface area contributed by atoms with Gasteiger partial charge in [-0.1, -0.05) is 0 Å². The molecule has 2 aromatic rings. The summed E-state index contributed by atoms with van der Waals surface area (Å²) >= 11 is 0. The SMILES string of the molecule is Cc1cc(S(N)(=O)=O)ccc1NC(=O)c1cccnc1C. The number of hydrogen-bond acceptors (Lipinski definition) is 4. The second kappa shape index (κ2) is 5.63. The van der Waals surface area contributed by atoms with Crippen molar-refractivity contribution in [1.29, 1.82) is 0 Å². The van der Waals surface area contributed by atoms with E-state index >= 15 is 0 Å². The van der Waals surface area contributed by atoms with Crippen molar-refractivity contribution in [2.24, 2.45) is 5.14 Å². The highest BCUT2D eigenvalue weighted by Crippen LogP contribution is 2.20. The lowest BCUT2D eigenvalue weighted by Gasteiger charge is -2.10. The molecular weight excluding hydrogens is 290 g/mol. The number of rotatable bonds is 3. The minimum Gasteiger partial charge on any atom is -0.322 e. The lowest BCUT2D eigenvalue weighted by Crippen LogP contribution is -2.16. The van der Waals surface area contributed by atoms with E-state index in [4.69, 9.17) is 5.14 Å². The van der Waals surface area contributed by atoms with E-state index in [0.29, 0.717) is 22.5 Å². The van der Waals surface area contributed by atoms with Gasteiger partial charge in [-0.25, -0.2) is 13.6 Å². The zero-order valence-electron chi connectivity index (χ0n) is 11.6. The topological polar surface area (TPSA) is 102 Å². The number of nitrogens with two attached hydrogens (primary N) is 1. The van der Waals surface area contributed by atoms with E-state index < -0.39 is 10.0 Å². The average molecular weight is 305 g/mol. The average Bonchev–Trinajstić information content (AvgIpc) is 2.40. The van der Waals surface area contributed by atoms with Crippen LogP contribution in [-0.2, 0) is 10.0 Å². The van der Waals surface area contributed by atoms with Crippen molar-refractivity contribution in [3.8, 4) is 0 Å². The van der Waals surface area contributed by atoms with E-state index in [9.17, 15) is 13.2 Å². The molecule has 0 radical (unpaired) electrons. The van der Waals surface area contributed by atoms with E-state index in [0.717, 1.165) is 0 Å². The van der Waals surface area contributed by atoms with Crippen molar-refractivity contribution in [2.45, 2.75) is 18.7 Å². The number of amides is 1. The van der Waals surface area contributed by atoms with Gasteiger partial charge in [-0.05, 0) is 49.7 Å². The first-order valence-corrected chi connectivity index (χ1v) is 7.70. The third-order valence-electron chi connectivity index (χ3n) is 3.03. The first kappa shape index (κ1) is 15.1. The van der Waals surface area contributed by atoms with E-state index in [1.54, 1.807) is 32.2 Å². The van der Waals surface area contributed by atoms with Crippen LogP contribution in [0.15, 0.2) is 41.4 Å². The lowest BCUT2D eigenvalue weighted by molar-refractivity contribution is 0.102. The molecule has 0 saturated heterocycles. The molecule has 0 atom stereocenters. The van der Waals surface area contributed by atoms with Crippen LogP contribution in [0.2, 0.25) is 0 Å². The monoisotopic (exact) mass is 305 g/mol. The first-order chi connectivity index (χ1) is 9.79. The van der Waals surface area contributed by atoms with Crippen molar-refractivity contribution < 1.29 is 13.2 Å². The second-order valence-corrected chi connectivity index (χ2v) is 6.17. The Morgan fingerprint density at radius 1 is 1.24 bits per heavy atom. The van der Waals surface area contributed by atoms with Gasteiger partial charge in [-0.15, -0.1) is 0 Å². The first-order valence-electron chi connectivity index (χ1n) is 6.15. The molecule has 0 saturated carbocycles. The summed E-state index contributed by atoms with van der Waals surface area (Å²) in [5.74, 6) is -0.299. The Hall–Kier alpha value is -2.25. The molecule has 21 heavy (non-hydrogen) atoms. The molecule has 2 rings (SSSR count). The molecular formula is C14H15N3O3S. The molecule has 1 aromatic carbocycles. The van der Waals surface area contributed by atoms with Gasteiger partial charge >= 0.3 is 0 Å². The van der Waals surface area contributed by atoms with Gasteiger partial charge in [0.1, 0.15) is 0 Å². The van der Waals surface area contributed by atoms with Gasteiger partial charge in [0.25, 0.3) is 5.91 Å². The summed E-state index contributed by atoms with van der Waals surface area (Å²) in [5.41, 5.74) is 2.22. The summed E-state index contributed by atoms with van der Waals surface area (Å²) in [6.07, 6.45) is 1.61. The minimum absolute atomic E-state index is 0.00978. The van der Waals surface area contributed by atoms with Crippen LogP contribution in [-0.4, -0.2) is 19.3 Å². The Morgan fingerprint density at radius 2 is 1.95 bits per heavy atom. The molecule has 1 amide bonds. The number of nitrogens with one attached hydrogen (secondary N) is 1. The predicted octanol–water partition coefficient (Wildman–Crippen LogP) is 1.60. The summed E-state index contributed by atoms with van der Waals surface area (Å²) in [6.45, 7) is 3.44. The minimum atomic E-state index is -3.75. The summed E-state index contributed by atoms with van der Waals surface area (Å²) in [6, 6.07) is 7.64. The molecule has 3 N–H and O–H groups in total. The fraction of sp³-hybridized carbons (Fsp3) is 0.143. The van der Waals surface area contributed by atoms with Crippen LogP contribution in [0.25, 0.3) is 0 Å². The van der Waals surface area contributed by atoms with Gasteiger partial charge < -0.3 is 5.32 Å². The van der Waals surface area contributed by atoms with E-state index in [1.807, 2.05) is 0 Å². The second-order valence-electron chi connectivity index (χ2n) is 4.61. The normalized spacial score (nSPS) is 11.2. The molecule has 0 aliphatic heterocycles. The molecule has 6 nitrogen and oxygen atoms in total. The van der Waals surface area contributed by atoms with E-state index in [-0.39, 0.29) is 10.8 Å². The Kier molecular flexibility index (Phi) is 4.06. The van der Waals surface area contributed by atoms with Crippen LogP contribution in [0.4, 0.5) is 5.69 Å². The standard InChI is InChI=1S/C14H15N3O3S/c1-9-8-11(21(15,19)20)5-6-13(9)17-14(18)12-4-3-7-16-10(12)2/h3-8H,1-2H3,(H,17,18)(H2,15,19,20). The molecule has 0 aliphatic rings. The Labute approximate surface area is 123 Å². The zero-order chi connectivity index (χ0) is 15.6. The maximum atomic E-state index is 12.2. The van der Waals surface area contributed by atoms with Gasteiger partial charge in [0.15, 0.2) is 0 Å². The van der Waals surface area contributed by atoms with Crippen molar-refractivity contribution in [3.63, 3.8) is 0 Å². The number of carbonyl (C=O) groups excluding carboxylic acids is 1. The van der Waals surface area contributed by atoms with Crippen LogP contribution in [0.5, 0.6) is 0 Å². The number of carbonyl (C=O) groups is 1. The van der Waals surface area contributed by atoms with E-state index in [1.165, 1.54) is 18.2 Å². The molecule has 0 unspecified atom stereocenters. The lowest BCUT2D eigenvalue weighted by atomic mass is 10.1. The Morgan fingerprint density at radius 3 is 2.52 bits per heavy atom. The summed E-state index contributed by atoms with van der Waals surface area (Å²) < 4.78 is 22.5. The third-order valence-corrected chi connectivity index (χ3v) is 3.94. The van der Waals surface area contributed by atoms with Crippen LogP contribution in [0, 0.1) is 13.8 Å². The number of pyridine rings is 1. The number of nitrogens with zero attached hydrogens (tertiary/aromatic N) is 1. The fourth-order valence-corrected chi connectivity index (χ4v) is 2.47. The van der Waals surface area contributed by atoms with Crippen LogP contribution in [0.3, 0.4) is 0 Å². The Bertz CT molecular complexity index is 801. The number of hydrogen-bond donors (Lipinski definition) is 2. The maximum Gasteiger partial charge on any atom is 0.257 e. The molecule has 0 fully saturated rings. The molecule has 1 aromatic heterocycles. The zero-order valence-corrected chi connectivity index (χ0v) is 12.4. The number of aryl methyl sites for hydroxylation is 2. The van der Waals surface area contributed by atoms with Crippen LogP contribution < -0.4 is 10.5 Å². The van der Waals surface area contributed by atoms with Crippen molar-refractivity contribution >= 4 is 21.6 Å². The number of primary sulfonamides is 1. The molecule has 0 spiro atoms. The highest BCUT2D eigenvalue weighted by Gasteiger charge is 2.13. The number of anilines is 1. The molecule has 0 bridgehead atoms. The number of benzene rings is 1.